The van der Waals surface area contributed by atoms with Gasteiger partial charge in [0.1, 0.15) is 0 Å². The van der Waals surface area contributed by atoms with Crippen molar-refractivity contribution in [2.24, 2.45) is 17.1 Å². The van der Waals surface area contributed by atoms with Gasteiger partial charge in [0.25, 0.3) is 0 Å². The van der Waals surface area contributed by atoms with Crippen molar-refractivity contribution in [2.45, 2.75) is 71.3 Å². The average molecular weight is 303 g/mol. The molecule has 2 aliphatic rings. The number of nitrogens with zero attached hydrogens (tertiary/aromatic N) is 1. The summed E-state index contributed by atoms with van der Waals surface area (Å²) in [6.07, 6.45) is 7.84. The Hall–Kier alpha value is -0.280. The monoisotopic (exact) mass is 302 g/mol. The first-order chi connectivity index (χ1) is 8.88. The molecule has 3 atom stereocenters. The molecule has 4 heteroatoms. The number of piperidine rings is 1. The molecule has 0 bridgehead atoms. The second kappa shape index (κ2) is 6.65. The van der Waals surface area contributed by atoms with Crippen molar-refractivity contribution >= 4 is 18.3 Å². The number of rotatable bonds is 2. The summed E-state index contributed by atoms with van der Waals surface area (Å²) in [5.41, 5.74) is 6.40. The predicted molar refractivity (Wildman–Crippen MR) is 86.0 cm³/mol. The van der Waals surface area contributed by atoms with E-state index in [1.54, 1.807) is 0 Å². The first-order valence-corrected chi connectivity index (χ1v) is 7.96. The summed E-state index contributed by atoms with van der Waals surface area (Å²) in [6.45, 7) is 8.48. The number of amides is 1. The fourth-order valence-electron chi connectivity index (χ4n) is 3.78. The van der Waals surface area contributed by atoms with Crippen LogP contribution < -0.4 is 5.73 Å². The maximum absolute atomic E-state index is 12.8. The molecule has 1 amide bonds. The number of hydrogen-bond acceptors (Lipinski definition) is 2. The smallest absolute Gasteiger partial charge is 0.227 e. The van der Waals surface area contributed by atoms with E-state index in [9.17, 15) is 4.79 Å². The van der Waals surface area contributed by atoms with Crippen LogP contribution in [0, 0.1) is 11.3 Å². The first-order valence-electron chi connectivity index (χ1n) is 7.96. The minimum absolute atomic E-state index is 0. The van der Waals surface area contributed by atoms with Crippen molar-refractivity contribution in [2.75, 3.05) is 13.1 Å². The Labute approximate surface area is 130 Å². The van der Waals surface area contributed by atoms with Gasteiger partial charge in [-0.15, -0.1) is 12.4 Å². The van der Waals surface area contributed by atoms with Gasteiger partial charge in [0.2, 0.25) is 5.91 Å². The topological polar surface area (TPSA) is 46.3 Å². The van der Waals surface area contributed by atoms with Crippen LogP contribution in [0.25, 0.3) is 0 Å². The lowest BCUT2D eigenvalue weighted by molar-refractivity contribution is -0.142. The minimum Gasteiger partial charge on any atom is -0.342 e. The van der Waals surface area contributed by atoms with Crippen molar-refractivity contribution in [3.05, 3.63) is 0 Å². The van der Waals surface area contributed by atoms with E-state index in [4.69, 9.17) is 5.73 Å². The molecule has 1 heterocycles. The number of carbonyl (C=O) groups excluding carboxylic acids is 1. The van der Waals surface area contributed by atoms with E-state index in [2.05, 4.69) is 25.7 Å². The highest BCUT2D eigenvalue weighted by atomic mass is 35.5. The molecule has 2 N–H and O–H groups in total. The molecule has 3 unspecified atom stereocenters. The quantitative estimate of drug-likeness (QED) is 0.850. The lowest BCUT2D eigenvalue weighted by Gasteiger charge is -2.45. The Morgan fingerprint density at radius 1 is 1.25 bits per heavy atom. The van der Waals surface area contributed by atoms with Crippen LogP contribution in [0.3, 0.4) is 0 Å². The summed E-state index contributed by atoms with van der Waals surface area (Å²) < 4.78 is 0. The molecular weight excluding hydrogens is 272 g/mol. The third kappa shape index (κ3) is 3.67. The van der Waals surface area contributed by atoms with E-state index in [1.165, 1.54) is 12.8 Å². The first kappa shape index (κ1) is 17.8. The van der Waals surface area contributed by atoms with Crippen molar-refractivity contribution in [1.29, 1.82) is 0 Å². The zero-order valence-electron chi connectivity index (χ0n) is 13.3. The Kier molecular flexibility index (Phi) is 5.91. The molecule has 1 aliphatic carbocycles. The second-order valence-electron chi connectivity index (χ2n) is 7.33. The summed E-state index contributed by atoms with van der Waals surface area (Å²) in [4.78, 5) is 14.9. The molecule has 20 heavy (non-hydrogen) atoms. The fraction of sp³-hybridized carbons (Fsp3) is 0.938. The lowest BCUT2D eigenvalue weighted by Crippen LogP contribution is -2.56. The van der Waals surface area contributed by atoms with Gasteiger partial charge in [-0.05, 0) is 44.4 Å². The Bertz CT molecular complexity index is 345. The zero-order chi connectivity index (χ0) is 14.1. The molecule has 0 aromatic carbocycles. The van der Waals surface area contributed by atoms with Gasteiger partial charge in [-0.2, -0.15) is 0 Å². The minimum atomic E-state index is -0.296. The number of carbonyl (C=O) groups is 1. The van der Waals surface area contributed by atoms with Crippen molar-refractivity contribution in [1.82, 2.24) is 4.90 Å². The number of halogens is 1. The molecule has 2 fully saturated rings. The molecule has 118 valence electrons. The van der Waals surface area contributed by atoms with Crippen LogP contribution in [0.4, 0.5) is 0 Å². The van der Waals surface area contributed by atoms with Crippen LogP contribution >= 0.6 is 12.4 Å². The number of likely N-dealkylation sites (tertiary alicyclic amines) is 1. The van der Waals surface area contributed by atoms with E-state index in [-0.39, 0.29) is 23.9 Å². The lowest BCUT2D eigenvalue weighted by atomic mass is 9.73. The summed E-state index contributed by atoms with van der Waals surface area (Å²) in [6, 6.07) is 0. The molecule has 0 spiro atoms. The molecule has 1 saturated heterocycles. The zero-order valence-corrected chi connectivity index (χ0v) is 14.1. The highest BCUT2D eigenvalue weighted by Crippen LogP contribution is 2.37. The normalized spacial score (nSPS) is 38.2. The Morgan fingerprint density at radius 3 is 2.55 bits per heavy atom. The molecule has 0 aromatic heterocycles. The van der Waals surface area contributed by atoms with Gasteiger partial charge in [-0.1, -0.05) is 26.7 Å². The maximum Gasteiger partial charge on any atom is 0.227 e. The molecule has 0 aromatic rings. The standard InChI is InChI=1S/C16H30N2O.ClH/c1-4-15(2)9-7-11-18(12-15)14(19)13-8-5-6-10-16(13,3)17;/h13H,4-12,17H2,1-3H3;1H. The van der Waals surface area contributed by atoms with Gasteiger partial charge in [0, 0.05) is 18.6 Å². The van der Waals surface area contributed by atoms with Crippen LogP contribution in [0.2, 0.25) is 0 Å². The second-order valence-corrected chi connectivity index (χ2v) is 7.33. The van der Waals surface area contributed by atoms with Crippen molar-refractivity contribution in [3.8, 4) is 0 Å². The van der Waals surface area contributed by atoms with Crippen LogP contribution in [-0.4, -0.2) is 29.4 Å². The Morgan fingerprint density at radius 2 is 1.95 bits per heavy atom. The largest absolute Gasteiger partial charge is 0.342 e. The van der Waals surface area contributed by atoms with Gasteiger partial charge in [-0.25, -0.2) is 0 Å². The van der Waals surface area contributed by atoms with E-state index in [0.717, 1.165) is 45.2 Å². The predicted octanol–water partition coefficient (Wildman–Crippen LogP) is 3.35. The summed E-state index contributed by atoms with van der Waals surface area (Å²) in [7, 11) is 0. The van der Waals surface area contributed by atoms with Gasteiger partial charge in [0.05, 0.1) is 5.92 Å². The highest BCUT2D eigenvalue weighted by Gasteiger charge is 2.42. The highest BCUT2D eigenvalue weighted by molar-refractivity contribution is 5.85. The van der Waals surface area contributed by atoms with E-state index in [0.29, 0.717) is 11.3 Å². The molecule has 1 saturated carbocycles. The molecule has 3 nitrogen and oxygen atoms in total. The van der Waals surface area contributed by atoms with Crippen molar-refractivity contribution in [3.63, 3.8) is 0 Å². The van der Waals surface area contributed by atoms with Crippen molar-refractivity contribution < 1.29 is 4.79 Å². The van der Waals surface area contributed by atoms with Crippen LogP contribution in [0.5, 0.6) is 0 Å². The Balaban J connectivity index is 0.00000200. The van der Waals surface area contributed by atoms with Crippen LogP contribution in [0.1, 0.15) is 65.7 Å². The van der Waals surface area contributed by atoms with Crippen LogP contribution in [0.15, 0.2) is 0 Å². The SMILES string of the molecule is CCC1(C)CCCN(C(=O)C2CCCCC2(C)N)C1.Cl. The molecule has 1 aliphatic heterocycles. The van der Waals surface area contributed by atoms with E-state index >= 15 is 0 Å². The van der Waals surface area contributed by atoms with Crippen LogP contribution in [-0.2, 0) is 4.79 Å². The summed E-state index contributed by atoms with van der Waals surface area (Å²) in [5, 5.41) is 0. The molecule has 2 rings (SSSR count). The number of nitrogens with two attached hydrogens (primary N) is 1. The van der Waals surface area contributed by atoms with E-state index in [1.807, 2.05) is 0 Å². The van der Waals surface area contributed by atoms with E-state index < -0.39 is 0 Å². The van der Waals surface area contributed by atoms with Gasteiger partial charge in [0.15, 0.2) is 0 Å². The molecule has 0 radical (unpaired) electrons. The summed E-state index contributed by atoms with van der Waals surface area (Å²) >= 11 is 0. The third-order valence-corrected chi connectivity index (χ3v) is 5.50. The van der Waals surface area contributed by atoms with Gasteiger partial charge >= 0.3 is 0 Å². The molecular formula is C16H31ClN2O. The number of hydrogen-bond donors (Lipinski definition) is 1. The fourth-order valence-corrected chi connectivity index (χ4v) is 3.78. The third-order valence-electron chi connectivity index (χ3n) is 5.50. The average Bonchev–Trinajstić information content (AvgIpc) is 2.37. The van der Waals surface area contributed by atoms with Gasteiger partial charge < -0.3 is 10.6 Å². The van der Waals surface area contributed by atoms with Gasteiger partial charge in [-0.3, -0.25) is 4.79 Å². The maximum atomic E-state index is 12.8. The summed E-state index contributed by atoms with van der Waals surface area (Å²) in [5.74, 6) is 0.365.